The summed E-state index contributed by atoms with van der Waals surface area (Å²) in [6, 6.07) is 16.5. The second kappa shape index (κ2) is 8.73. The van der Waals surface area contributed by atoms with Crippen LogP contribution in [0.5, 0.6) is 0 Å². The fraction of sp³-hybridized carbons (Fsp3) is 0.292. The lowest BCUT2D eigenvalue weighted by Crippen LogP contribution is -2.38. The number of likely N-dealkylation sites (tertiary alicyclic amines) is 1. The van der Waals surface area contributed by atoms with Crippen molar-refractivity contribution in [1.29, 1.82) is 0 Å². The molecule has 3 N–H and O–H groups in total. The number of rotatable bonds is 5. The molecule has 2 heterocycles. The van der Waals surface area contributed by atoms with E-state index in [0.29, 0.717) is 16.8 Å². The summed E-state index contributed by atoms with van der Waals surface area (Å²) in [6.45, 7) is 2.39. The van der Waals surface area contributed by atoms with Crippen LogP contribution in [0, 0.1) is 5.92 Å². The Morgan fingerprint density at radius 3 is 2.55 bits per heavy atom. The third-order valence-corrected chi connectivity index (χ3v) is 5.98. The van der Waals surface area contributed by atoms with Crippen molar-refractivity contribution in [3.05, 3.63) is 76.1 Å². The molecule has 1 aliphatic heterocycles. The van der Waals surface area contributed by atoms with E-state index in [1.54, 1.807) is 7.05 Å². The van der Waals surface area contributed by atoms with E-state index >= 15 is 0 Å². The summed E-state index contributed by atoms with van der Waals surface area (Å²) in [6.07, 6.45) is 1.56. The van der Waals surface area contributed by atoms with Crippen LogP contribution < -0.4 is 16.6 Å². The van der Waals surface area contributed by atoms with Gasteiger partial charge in [0, 0.05) is 36.7 Å². The molecule has 1 aromatic heterocycles. The second-order valence-electron chi connectivity index (χ2n) is 8.08. The Kier molecular flexibility index (Phi) is 5.86. The Balaban J connectivity index is 1.49. The van der Waals surface area contributed by atoms with Crippen molar-refractivity contribution in [2.75, 3.05) is 18.4 Å². The average Bonchev–Trinajstić information content (AvgIpc) is 2.77. The number of aromatic nitrogens is 1. The molecule has 2 amide bonds. The van der Waals surface area contributed by atoms with Crippen molar-refractivity contribution < 1.29 is 9.59 Å². The molecule has 0 aliphatic carbocycles. The molecule has 0 spiro atoms. The van der Waals surface area contributed by atoms with E-state index in [1.165, 1.54) is 10.6 Å². The minimum Gasteiger partial charge on any atom is -0.369 e. The molecule has 0 radical (unpaired) electrons. The Labute approximate surface area is 180 Å². The molecule has 2 aromatic carbocycles. The van der Waals surface area contributed by atoms with E-state index in [2.05, 4.69) is 10.2 Å². The highest BCUT2D eigenvalue weighted by atomic mass is 16.2. The number of nitrogens with two attached hydrogens (primary N) is 1. The van der Waals surface area contributed by atoms with Gasteiger partial charge in [-0.15, -0.1) is 0 Å². The van der Waals surface area contributed by atoms with Gasteiger partial charge >= 0.3 is 0 Å². The first-order valence-corrected chi connectivity index (χ1v) is 10.4. The van der Waals surface area contributed by atoms with Gasteiger partial charge in [0.05, 0.1) is 11.1 Å². The van der Waals surface area contributed by atoms with Gasteiger partial charge in [-0.2, -0.15) is 0 Å². The molecule has 7 nitrogen and oxygen atoms in total. The van der Waals surface area contributed by atoms with Crippen LogP contribution in [0.2, 0.25) is 0 Å². The van der Waals surface area contributed by atoms with E-state index in [-0.39, 0.29) is 23.3 Å². The lowest BCUT2D eigenvalue weighted by atomic mass is 9.96. The number of amides is 2. The Hall–Kier alpha value is -3.45. The van der Waals surface area contributed by atoms with Gasteiger partial charge in [-0.3, -0.25) is 19.3 Å². The van der Waals surface area contributed by atoms with Crippen LogP contribution in [0.1, 0.15) is 28.8 Å². The summed E-state index contributed by atoms with van der Waals surface area (Å²) >= 11 is 0. The minimum atomic E-state index is -0.312. The lowest BCUT2D eigenvalue weighted by molar-refractivity contribution is -0.123. The van der Waals surface area contributed by atoms with Crippen molar-refractivity contribution in [3.63, 3.8) is 0 Å². The second-order valence-corrected chi connectivity index (χ2v) is 8.08. The van der Waals surface area contributed by atoms with E-state index in [1.807, 2.05) is 48.5 Å². The van der Waals surface area contributed by atoms with Crippen molar-refractivity contribution in [2.24, 2.45) is 18.7 Å². The Morgan fingerprint density at radius 1 is 1.06 bits per heavy atom. The van der Waals surface area contributed by atoms with Crippen LogP contribution >= 0.6 is 0 Å². The van der Waals surface area contributed by atoms with Crippen molar-refractivity contribution >= 4 is 28.4 Å². The van der Waals surface area contributed by atoms with Crippen LogP contribution in [0.25, 0.3) is 10.9 Å². The molecule has 0 saturated carbocycles. The molecule has 4 rings (SSSR count). The number of para-hydroxylation sites is 1. The summed E-state index contributed by atoms with van der Waals surface area (Å²) in [5.74, 6) is -0.559. The van der Waals surface area contributed by atoms with Crippen LogP contribution in [0.15, 0.2) is 59.4 Å². The number of hydrogen-bond acceptors (Lipinski definition) is 4. The topological polar surface area (TPSA) is 97.4 Å². The van der Waals surface area contributed by atoms with Gasteiger partial charge < -0.3 is 15.6 Å². The van der Waals surface area contributed by atoms with Crippen LogP contribution in [-0.4, -0.2) is 34.4 Å². The third-order valence-electron chi connectivity index (χ3n) is 5.98. The molecule has 0 bridgehead atoms. The van der Waals surface area contributed by atoms with Gasteiger partial charge in [0.1, 0.15) is 0 Å². The molecular formula is C24H26N4O3. The molecule has 1 aliphatic rings. The summed E-state index contributed by atoms with van der Waals surface area (Å²) in [5, 5.41) is 3.66. The summed E-state index contributed by atoms with van der Waals surface area (Å²) in [5.41, 5.74) is 8.02. The van der Waals surface area contributed by atoms with E-state index in [0.717, 1.165) is 43.4 Å². The maximum atomic E-state index is 13.0. The zero-order valence-electron chi connectivity index (χ0n) is 17.5. The number of primary amides is 1. The highest BCUT2D eigenvalue weighted by Crippen LogP contribution is 2.21. The Morgan fingerprint density at radius 2 is 1.81 bits per heavy atom. The predicted octanol–water partition coefficient (Wildman–Crippen LogP) is 2.49. The molecule has 0 unspecified atom stereocenters. The number of piperidine rings is 1. The monoisotopic (exact) mass is 418 g/mol. The van der Waals surface area contributed by atoms with E-state index in [9.17, 15) is 14.4 Å². The number of carbonyl (C=O) groups excluding carboxylic acids is 2. The molecule has 7 heteroatoms. The SMILES string of the molecule is Cn1c(=O)cc(C(=O)Nc2cccc(CN3CCC(C(N)=O)CC3)c2)c2ccccc21. The van der Waals surface area contributed by atoms with Gasteiger partial charge in [-0.25, -0.2) is 0 Å². The maximum absolute atomic E-state index is 13.0. The lowest BCUT2D eigenvalue weighted by Gasteiger charge is -2.30. The molecule has 3 aromatic rings. The first-order valence-electron chi connectivity index (χ1n) is 10.4. The normalized spacial score (nSPS) is 15.1. The highest BCUT2D eigenvalue weighted by Gasteiger charge is 2.23. The van der Waals surface area contributed by atoms with Gasteiger partial charge in [0.15, 0.2) is 0 Å². The number of hydrogen-bond donors (Lipinski definition) is 2. The minimum absolute atomic E-state index is 0.0322. The van der Waals surface area contributed by atoms with Gasteiger partial charge in [-0.05, 0) is 49.7 Å². The van der Waals surface area contributed by atoms with E-state index in [4.69, 9.17) is 5.73 Å². The fourth-order valence-corrected chi connectivity index (χ4v) is 4.18. The van der Waals surface area contributed by atoms with Gasteiger partial charge in [0.2, 0.25) is 5.91 Å². The van der Waals surface area contributed by atoms with Crippen LogP contribution in [0.4, 0.5) is 5.69 Å². The number of fused-ring (bicyclic) bond motifs is 1. The molecular weight excluding hydrogens is 392 g/mol. The largest absolute Gasteiger partial charge is 0.369 e. The third kappa shape index (κ3) is 4.51. The number of nitrogens with zero attached hydrogens (tertiary/aromatic N) is 2. The van der Waals surface area contributed by atoms with Gasteiger partial charge in [0.25, 0.3) is 11.5 Å². The van der Waals surface area contributed by atoms with Crippen molar-refractivity contribution in [3.8, 4) is 0 Å². The standard InChI is InChI=1S/C24H26N4O3/c1-27-21-8-3-2-7-19(21)20(14-22(27)29)24(31)26-18-6-4-5-16(13-18)15-28-11-9-17(10-12-28)23(25)30/h2-8,13-14,17H,9-12,15H2,1H3,(H2,25,30)(H,26,31). The quantitative estimate of drug-likeness (QED) is 0.665. The van der Waals surface area contributed by atoms with Crippen LogP contribution in [0.3, 0.4) is 0 Å². The number of nitrogens with one attached hydrogen (secondary N) is 1. The zero-order valence-corrected chi connectivity index (χ0v) is 17.5. The molecule has 160 valence electrons. The molecule has 31 heavy (non-hydrogen) atoms. The highest BCUT2D eigenvalue weighted by molar-refractivity contribution is 6.12. The number of anilines is 1. The summed E-state index contributed by atoms with van der Waals surface area (Å²) in [4.78, 5) is 38.9. The number of aryl methyl sites for hydroxylation is 1. The zero-order chi connectivity index (χ0) is 22.0. The predicted molar refractivity (Wildman–Crippen MR) is 121 cm³/mol. The van der Waals surface area contributed by atoms with Crippen molar-refractivity contribution in [2.45, 2.75) is 19.4 Å². The molecule has 1 fully saturated rings. The van der Waals surface area contributed by atoms with Crippen molar-refractivity contribution in [1.82, 2.24) is 9.47 Å². The number of carbonyl (C=O) groups is 2. The smallest absolute Gasteiger partial charge is 0.256 e. The maximum Gasteiger partial charge on any atom is 0.256 e. The van der Waals surface area contributed by atoms with Gasteiger partial charge in [-0.1, -0.05) is 30.3 Å². The first kappa shape index (κ1) is 20.8. The van der Waals surface area contributed by atoms with Crippen LogP contribution in [-0.2, 0) is 18.4 Å². The fourth-order valence-electron chi connectivity index (χ4n) is 4.18. The average molecular weight is 418 g/mol. The molecule has 0 atom stereocenters. The summed E-state index contributed by atoms with van der Waals surface area (Å²) in [7, 11) is 1.70. The first-order chi connectivity index (χ1) is 14.9. The number of benzene rings is 2. The molecule has 1 saturated heterocycles. The summed E-state index contributed by atoms with van der Waals surface area (Å²) < 4.78 is 1.54. The Bertz CT molecular complexity index is 1190. The number of pyridine rings is 1. The van der Waals surface area contributed by atoms with E-state index < -0.39 is 0 Å².